The molecule has 2 aromatic carbocycles. The van der Waals surface area contributed by atoms with Gasteiger partial charge in [0, 0.05) is 5.39 Å². The molecule has 0 fully saturated rings. The molecule has 0 atom stereocenters. The fourth-order valence-electron chi connectivity index (χ4n) is 2.91. The summed E-state index contributed by atoms with van der Waals surface area (Å²) in [6.07, 6.45) is 1.55. The number of anilines is 1. The van der Waals surface area contributed by atoms with E-state index in [-0.39, 0.29) is 11.5 Å². The zero-order valence-electron chi connectivity index (χ0n) is 14.2. The monoisotopic (exact) mass is 357 g/mol. The van der Waals surface area contributed by atoms with Gasteiger partial charge in [0.1, 0.15) is 5.69 Å². The van der Waals surface area contributed by atoms with Crippen LogP contribution in [0.5, 0.6) is 0 Å². The van der Waals surface area contributed by atoms with Crippen molar-refractivity contribution in [2.45, 2.75) is 0 Å². The first-order chi connectivity index (χ1) is 13.1. The highest BCUT2D eigenvalue weighted by atomic mass is 16.3. The second-order valence-electron chi connectivity index (χ2n) is 5.91. The van der Waals surface area contributed by atoms with E-state index in [0.717, 1.165) is 0 Å². The van der Waals surface area contributed by atoms with Crippen LogP contribution >= 0.6 is 0 Å². The van der Waals surface area contributed by atoms with E-state index in [2.05, 4.69) is 10.3 Å². The maximum absolute atomic E-state index is 13.0. The van der Waals surface area contributed by atoms with Crippen LogP contribution in [0.4, 0.5) is 5.69 Å². The number of primary amides is 1. The van der Waals surface area contributed by atoms with Crippen molar-refractivity contribution in [3.63, 3.8) is 0 Å². The average molecular weight is 357 g/mol. The predicted octanol–water partition coefficient (Wildman–Crippen LogP) is 3.85. The van der Waals surface area contributed by atoms with E-state index in [1.807, 2.05) is 24.3 Å². The molecule has 0 saturated heterocycles. The number of aromatic nitrogens is 1. The average Bonchev–Trinajstić information content (AvgIpc) is 3.22. The van der Waals surface area contributed by atoms with Gasteiger partial charge in [0.15, 0.2) is 5.76 Å². The standard InChI is InChI=1S/C21H15N3O3/c22-20(25)14-7-2-4-9-17(14)24-21(26)15-12-18(19-10-5-11-27-19)23-16-8-3-1-6-13(15)16/h1-12H,(H2,22,25)(H,24,26). The normalized spacial score (nSPS) is 10.7. The van der Waals surface area contributed by atoms with Crippen molar-refractivity contribution in [1.29, 1.82) is 0 Å². The van der Waals surface area contributed by atoms with Gasteiger partial charge in [-0.3, -0.25) is 9.59 Å². The number of amides is 2. The number of carbonyl (C=O) groups is 2. The fourth-order valence-corrected chi connectivity index (χ4v) is 2.91. The lowest BCUT2D eigenvalue weighted by Gasteiger charge is -2.11. The lowest BCUT2D eigenvalue weighted by Crippen LogP contribution is -2.18. The quantitative estimate of drug-likeness (QED) is 0.579. The van der Waals surface area contributed by atoms with Crippen LogP contribution in [-0.2, 0) is 0 Å². The number of hydrogen-bond donors (Lipinski definition) is 2. The van der Waals surface area contributed by atoms with Crippen LogP contribution in [0.3, 0.4) is 0 Å². The first kappa shape index (κ1) is 16.5. The molecule has 0 radical (unpaired) electrons. The van der Waals surface area contributed by atoms with Gasteiger partial charge in [-0.05, 0) is 36.4 Å². The van der Waals surface area contributed by atoms with Crippen molar-refractivity contribution in [2.75, 3.05) is 5.32 Å². The first-order valence-electron chi connectivity index (χ1n) is 8.27. The van der Waals surface area contributed by atoms with Crippen LogP contribution in [-0.4, -0.2) is 16.8 Å². The van der Waals surface area contributed by atoms with Crippen LogP contribution in [0.15, 0.2) is 77.4 Å². The molecule has 132 valence electrons. The Labute approximate surface area is 154 Å². The second-order valence-corrected chi connectivity index (χ2v) is 5.91. The number of nitrogens with zero attached hydrogens (tertiary/aromatic N) is 1. The molecule has 6 nitrogen and oxygen atoms in total. The Morgan fingerprint density at radius 3 is 2.48 bits per heavy atom. The van der Waals surface area contributed by atoms with E-state index in [4.69, 9.17) is 10.2 Å². The summed E-state index contributed by atoms with van der Waals surface area (Å²) in [6, 6.07) is 19.2. The Morgan fingerprint density at radius 2 is 1.70 bits per heavy atom. The van der Waals surface area contributed by atoms with Crippen LogP contribution in [0, 0.1) is 0 Å². The lowest BCUT2D eigenvalue weighted by atomic mass is 10.1. The Kier molecular flexibility index (Phi) is 4.14. The van der Waals surface area contributed by atoms with Gasteiger partial charge < -0.3 is 15.5 Å². The minimum absolute atomic E-state index is 0.246. The van der Waals surface area contributed by atoms with Gasteiger partial charge in [-0.15, -0.1) is 0 Å². The van der Waals surface area contributed by atoms with Crippen molar-refractivity contribution in [3.05, 3.63) is 84.1 Å². The predicted molar refractivity (Wildman–Crippen MR) is 102 cm³/mol. The van der Waals surface area contributed by atoms with Crippen LogP contribution in [0.1, 0.15) is 20.7 Å². The topological polar surface area (TPSA) is 98.2 Å². The summed E-state index contributed by atoms with van der Waals surface area (Å²) >= 11 is 0. The van der Waals surface area contributed by atoms with Crippen molar-refractivity contribution in [2.24, 2.45) is 5.73 Å². The first-order valence-corrected chi connectivity index (χ1v) is 8.27. The highest BCUT2D eigenvalue weighted by Gasteiger charge is 2.17. The van der Waals surface area contributed by atoms with Gasteiger partial charge in [-0.25, -0.2) is 4.98 Å². The second kappa shape index (κ2) is 6.76. The Balaban J connectivity index is 1.81. The maximum Gasteiger partial charge on any atom is 0.256 e. The largest absolute Gasteiger partial charge is 0.463 e. The Bertz CT molecular complexity index is 1150. The van der Waals surface area contributed by atoms with E-state index in [0.29, 0.717) is 33.6 Å². The number of rotatable bonds is 4. The van der Waals surface area contributed by atoms with Gasteiger partial charge in [0.25, 0.3) is 11.8 Å². The molecule has 6 heteroatoms. The third-order valence-corrected chi connectivity index (χ3v) is 4.18. The molecule has 27 heavy (non-hydrogen) atoms. The highest BCUT2D eigenvalue weighted by molar-refractivity contribution is 6.14. The smallest absolute Gasteiger partial charge is 0.256 e. The zero-order valence-corrected chi connectivity index (χ0v) is 14.2. The number of fused-ring (bicyclic) bond motifs is 1. The van der Waals surface area contributed by atoms with Crippen LogP contribution in [0.2, 0.25) is 0 Å². The Hall–Kier alpha value is -3.93. The van der Waals surface area contributed by atoms with E-state index in [9.17, 15) is 9.59 Å². The fraction of sp³-hybridized carbons (Fsp3) is 0. The van der Waals surface area contributed by atoms with Gasteiger partial charge >= 0.3 is 0 Å². The third kappa shape index (κ3) is 3.16. The summed E-state index contributed by atoms with van der Waals surface area (Å²) in [6.45, 7) is 0. The van der Waals surface area contributed by atoms with E-state index >= 15 is 0 Å². The molecule has 4 rings (SSSR count). The molecule has 2 heterocycles. The highest BCUT2D eigenvalue weighted by Crippen LogP contribution is 2.26. The number of nitrogens with one attached hydrogen (secondary N) is 1. The number of para-hydroxylation sites is 2. The summed E-state index contributed by atoms with van der Waals surface area (Å²) in [5, 5.41) is 3.47. The molecule has 0 bridgehead atoms. The molecule has 0 spiro atoms. The number of furan rings is 1. The number of pyridine rings is 1. The molecule has 0 unspecified atom stereocenters. The minimum Gasteiger partial charge on any atom is -0.463 e. The molecule has 2 amide bonds. The summed E-state index contributed by atoms with van der Waals surface area (Å²) in [5.74, 6) is -0.413. The molecular formula is C21H15N3O3. The molecule has 2 aromatic heterocycles. The van der Waals surface area contributed by atoms with Crippen molar-refractivity contribution < 1.29 is 14.0 Å². The molecule has 0 aliphatic heterocycles. The van der Waals surface area contributed by atoms with E-state index in [1.165, 1.54) is 0 Å². The van der Waals surface area contributed by atoms with Crippen LogP contribution < -0.4 is 11.1 Å². The summed E-state index contributed by atoms with van der Waals surface area (Å²) in [7, 11) is 0. The Morgan fingerprint density at radius 1 is 0.926 bits per heavy atom. The van der Waals surface area contributed by atoms with Crippen molar-refractivity contribution in [3.8, 4) is 11.5 Å². The zero-order chi connectivity index (χ0) is 18.8. The van der Waals surface area contributed by atoms with Crippen molar-refractivity contribution >= 4 is 28.4 Å². The van der Waals surface area contributed by atoms with Crippen LogP contribution in [0.25, 0.3) is 22.4 Å². The van der Waals surface area contributed by atoms with Gasteiger partial charge in [-0.2, -0.15) is 0 Å². The SMILES string of the molecule is NC(=O)c1ccccc1NC(=O)c1cc(-c2ccco2)nc2ccccc12. The minimum atomic E-state index is -0.609. The number of hydrogen-bond acceptors (Lipinski definition) is 4. The maximum atomic E-state index is 13.0. The molecule has 0 aliphatic rings. The molecular weight excluding hydrogens is 342 g/mol. The number of carbonyl (C=O) groups excluding carboxylic acids is 2. The number of benzene rings is 2. The molecule has 0 saturated carbocycles. The summed E-state index contributed by atoms with van der Waals surface area (Å²) in [4.78, 5) is 29.2. The summed E-state index contributed by atoms with van der Waals surface area (Å²) < 4.78 is 5.42. The van der Waals surface area contributed by atoms with Gasteiger partial charge in [0.05, 0.1) is 28.6 Å². The molecule has 4 aromatic rings. The number of nitrogens with two attached hydrogens (primary N) is 1. The third-order valence-electron chi connectivity index (χ3n) is 4.18. The van der Waals surface area contributed by atoms with E-state index in [1.54, 1.807) is 48.7 Å². The van der Waals surface area contributed by atoms with Gasteiger partial charge in [-0.1, -0.05) is 30.3 Å². The lowest BCUT2D eigenvalue weighted by molar-refractivity contribution is 0.100. The van der Waals surface area contributed by atoms with Crippen molar-refractivity contribution in [1.82, 2.24) is 4.98 Å². The molecule has 0 aliphatic carbocycles. The molecule has 3 N–H and O–H groups in total. The van der Waals surface area contributed by atoms with Gasteiger partial charge in [0.2, 0.25) is 0 Å². The van der Waals surface area contributed by atoms with E-state index < -0.39 is 5.91 Å². The summed E-state index contributed by atoms with van der Waals surface area (Å²) in [5.41, 5.74) is 7.63.